The van der Waals surface area contributed by atoms with E-state index in [1.807, 2.05) is 12.1 Å². The van der Waals surface area contributed by atoms with Crippen LogP contribution < -0.4 is 5.73 Å². The van der Waals surface area contributed by atoms with Gasteiger partial charge in [0.1, 0.15) is 0 Å². The van der Waals surface area contributed by atoms with Crippen LogP contribution in [-0.2, 0) is 6.54 Å². The molecule has 0 fully saturated rings. The fraction of sp³-hybridized carbons (Fsp3) is 0.115. The molecule has 3 nitrogen and oxygen atoms in total. The number of thiophene rings is 1. The van der Waals surface area contributed by atoms with Crippen molar-refractivity contribution < 1.29 is 4.79 Å². The van der Waals surface area contributed by atoms with Crippen molar-refractivity contribution in [2.45, 2.75) is 20.4 Å². The van der Waals surface area contributed by atoms with Crippen molar-refractivity contribution in [3.05, 3.63) is 94.4 Å². The largest absolute Gasteiger partial charge is 0.366 e. The molecular formula is C26H22N2OS. The van der Waals surface area contributed by atoms with Crippen LogP contribution in [0.2, 0.25) is 0 Å². The lowest BCUT2D eigenvalue weighted by Crippen LogP contribution is -2.11. The summed E-state index contributed by atoms with van der Waals surface area (Å²) < 4.78 is 2.32. The predicted octanol–water partition coefficient (Wildman–Crippen LogP) is 6.29. The lowest BCUT2D eigenvalue weighted by molar-refractivity contribution is 0.100. The Balaban J connectivity index is 1.85. The number of rotatable bonds is 4. The van der Waals surface area contributed by atoms with Crippen LogP contribution in [0.25, 0.3) is 32.2 Å². The normalized spacial score (nSPS) is 11.4. The van der Waals surface area contributed by atoms with Gasteiger partial charge in [0.25, 0.3) is 0 Å². The Hall–Kier alpha value is -3.37. The van der Waals surface area contributed by atoms with E-state index < -0.39 is 5.91 Å². The zero-order valence-electron chi connectivity index (χ0n) is 17.0. The molecule has 0 saturated carbocycles. The Morgan fingerprint density at radius 2 is 1.70 bits per heavy atom. The van der Waals surface area contributed by atoms with Crippen molar-refractivity contribution in [1.29, 1.82) is 0 Å². The van der Waals surface area contributed by atoms with E-state index >= 15 is 0 Å². The second-order valence-electron chi connectivity index (χ2n) is 7.73. The second-order valence-corrected chi connectivity index (χ2v) is 8.68. The number of aromatic nitrogens is 1. The standard InChI is InChI=1S/C26H22N2OS/c1-16-6-3-7-17(2)21(16)15-28-22-9-4-8-20(26(27)29)25(22)19-12-11-18(14-23(19)28)24-10-5-13-30-24/h3-14H,15H2,1-2H3,(H2,27,29). The van der Waals surface area contributed by atoms with Crippen molar-refractivity contribution in [3.63, 3.8) is 0 Å². The topological polar surface area (TPSA) is 48.0 Å². The van der Waals surface area contributed by atoms with Gasteiger partial charge in [-0.05, 0) is 65.7 Å². The number of fused-ring (bicyclic) bond motifs is 3. The zero-order chi connectivity index (χ0) is 20.8. The molecule has 0 aliphatic heterocycles. The minimum absolute atomic E-state index is 0.394. The Kier molecular flexibility index (Phi) is 4.44. The highest BCUT2D eigenvalue weighted by Gasteiger charge is 2.18. The molecule has 148 valence electrons. The summed E-state index contributed by atoms with van der Waals surface area (Å²) in [6, 6.07) is 22.9. The number of amides is 1. The third kappa shape index (κ3) is 2.92. The summed E-state index contributed by atoms with van der Waals surface area (Å²) in [5.41, 5.74) is 13.5. The monoisotopic (exact) mass is 410 g/mol. The third-order valence-electron chi connectivity index (χ3n) is 5.92. The van der Waals surface area contributed by atoms with Crippen molar-refractivity contribution >= 4 is 39.0 Å². The molecule has 0 saturated heterocycles. The smallest absolute Gasteiger partial charge is 0.249 e. The number of primary amides is 1. The number of hydrogen-bond acceptors (Lipinski definition) is 2. The van der Waals surface area contributed by atoms with Crippen LogP contribution in [0, 0.1) is 13.8 Å². The Morgan fingerprint density at radius 1 is 0.933 bits per heavy atom. The first kappa shape index (κ1) is 18.6. The summed E-state index contributed by atoms with van der Waals surface area (Å²) in [6.07, 6.45) is 0. The first-order valence-electron chi connectivity index (χ1n) is 9.98. The lowest BCUT2D eigenvalue weighted by atomic mass is 10.0. The summed E-state index contributed by atoms with van der Waals surface area (Å²) in [6.45, 7) is 5.05. The lowest BCUT2D eigenvalue weighted by Gasteiger charge is -2.13. The summed E-state index contributed by atoms with van der Waals surface area (Å²) in [5, 5.41) is 4.09. The number of carbonyl (C=O) groups is 1. The van der Waals surface area contributed by atoms with Crippen LogP contribution in [0.3, 0.4) is 0 Å². The Morgan fingerprint density at radius 3 is 2.40 bits per heavy atom. The molecule has 0 atom stereocenters. The summed E-state index contributed by atoms with van der Waals surface area (Å²) in [5.74, 6) is -0.394. The number of benzene rings is 3. The van der Waals surface area contributed by atoms with Crippen LogP contribution in [-0.4, -0.2) is 10.5 Å². The van der Waals surface area contributed by atoms with Gasteiger partial charge in [0.05, 0.1) is 11.0 Å². The van der Waals surface area contributed by atoms with E-state index in [0.717, 1.165) is 28.4 Å². The fourth-order valence-electron chi connectivity index (χ4n) is 4.37. The van der Waals surface area contributed by atoms with Gasteiger partial charge in [0, 0.05) is 27.8 Å². The molecule has 0 aliphatic carbocycles. The van der Waals surface area contributed by atoms with Crippen LogP contribution in [0.15, 0.2) is 72.1 Å². The van der Waals surface area contributed by atoms with Crippen molar-refractivity contribution in [3.8, 4) is 10.4 Å². The molecule has 5 rings (SSSR count). The molecule has 0 unspecified atom stereocenters. The van der Waals surface area contributed by atoms with Crippen LogP contribution in [0.5, 0.6) is 0 Å². The van der Waals surface area contributed by atoms with Gasteiger partial charge in [-0.2, -0.15) is 0 Å². The number of carbonyl (C=O) groups excluding carboxylic acids is 1. The third-order valence-corrected chi connectivity index (χ3v) is 6.84. The van der Waals surface area contributed by atoms with E-state index in [1.165, 1.54) is 27.1 Å². The van der Waals surface area contributed by atoms with Crippen LogP contribution in [0.1, 0.15) is 27.0 Å². The predicted molar refractivity (Wildman–Crippen MR) is 126 cm³/mol. The van der Waals surface area contributed by atoms with E-state index in [4.69, 9.17) is 5.73 Å². The van der Waals surface area contributed by atoms with Crippen molar-refractivity contribution in [2.24, 2.45) is 5.73 Å². The van der Waals surface area contributed by atoms with Gasteiger partial charge < -0.3 is 10.3 Å². The number of nitrogens with two attached hydrogens (primary N) is 1. The number of aryl methyl sites for hydroxylation is 2. The Labute approximate surface area is 179 Å². The molecule has 0 radical (unpaired) electrons. The summed E-state index contributed by atoms with van der Waals surface area (Å²) >= 11 is 1.73. The molecular weight excluding hydrogens is 388 g/mol. The molecule has 5 aromatic rings. The first-order chi connectivity index (χ1) is 14.5. The van der Waals surface area contributed by atoms with Crippen molar-refractivity contribution in [1.82, 2.24) is 4.57 Å². The molecule has 0 bridgehead atoms. The van der Waals surface area contributed by atoms with Crippen LogP contribution in [0.4, 0.5) is 0 Å². The maximum Gasteiger partial charge on any atom is 0.249 e. The molecule has 0 aliphatic rings. The molecule has 2 N–H and O–H groups in total. The molecule has 30 heavy (non-hydrogen) atoms. The van der Waals surface area contributed by atoms with E-state index in [2.05, 4.69) is 78.4 Å². The second kappa shape index (κ2) is 7.15. The van der Waals surface area contributed by atoms with E-state index in [1.54, 1.807) is 11.3 Å². The Bertz CT molecular complexity index is 1390. The van der Waals surface area contributed by atoms with Gasteiger partial charge in [0.15, 0.2) is 0 Å². The minimum atomic E-state index is -0.394. The SMILES string of the molecule is Cc1cccc(C)c1Cn1c2cc(-c3cccs3)ccc2c2c(C(N)=O)cccc21. The van der Waals surface area contributed by atoms with Crippen molar-refractivity contribution in [2.75, 3.05) is 0 Å². The maximum atomic E-state index is 12.2. The maximum absolute atomic E-state index is 12.2. The molecule has 1 amide bonds. The average molecular weight is 411 g/mol. The quantitative estimate of drug-likeness (QED) is 0.372. The van der Waals surface area contributed by atoms with E-state index in [-0.39, 0.29) is 0 Å². The number of nitrogens with zero attached hydrogens (tertiary/aromatic N) is 1. The molecule has 2 heterocycles. The minimum Gasteiger partial charge on any atom is -0.366 e. The van der Waals surface area contributed by atoms with E-state index in [0.29, 0.717) is 5.56 Å². The molecule has 2 aromatic heterocycles. The van der Waals surface area contributed by atoms with Gasteiger partial charge in [0.2, 0.25) is 5.91 Å². The molecule has 3 aromatic carbocycles. The van der Waals surface area contributed by atoms with E-state index in [9.17, 15) is 4.79 Å². The van der Waals surface area contributed by atoms with Gasteiger partial charge in [-0.25, -0.2) is 0 Å². The first-order valence-corrected chi connectivity index (χ1v) is 10.9. The van der Waals surface area contributed by atoms with Gasteiger partial charge in [-0.3, -0.25) is 4.79 Å². The van der Waals surface area contributed by atoms with Gasteiger partial charge >= 0.3 is 0 Å². The highest BCUT2D eigenvalue weighted by molar-refractivity contribution is 7.13. The van der Waals surface area contributed by atoms with Crippen LogP contribution >= 0.6 is 11.3 Å². The highest BCUT2D eigenvalue weighted by Crippen LogP contribution is 2.36. The molecule has 4 heteroatoms. The molecule has 0 spiro atoms. The summed E-state index contributed by atoms with van der Waals surface area (Å²) in [7, 11) is 0. The van der Waals surface area contributed by atoms with Gasteiger partial charge in [-0.15, -0.1) is 11.3 Å². The number of hydrogen-bond donors (Lipinski definition) is 1. The zero-order valence-corrected chi connectivity index (χ0v) is 17.8. The average Bonchev–Trinajstić information content (AvgIpc) is 3.37. The summed E-state index contributed by atoms with van der Waals surface area (Å²) in [4.78, 5) is 13.4. The fourth-order valence-corrected chi connectivity index (χ4v) is 5.10. The highest BCUT2D eigenvalue weighted by atomic mass is 32.1. The van der Waals surface area contributed by atoms with Gasteiger partial charge in [-0.1, -0.05) is 42.5 Å².